The van der Waals surface area contributed by atoms with Crippen LogP contribution in [0.5, 0.6) is 0 Å². The summed E-state index contributed by atoms with van der Waals surface area (Å²) in [5, 5.41) is 10.8. The molecule has 4 aliphatic rings. The Morgan fingerprint density at radius 1 is 0.930 bits per heavy atom. The van der Waals surface area contributed by atoms with Gasteiger partial charge in [-0.05, 0) is 49.4 Å². The van der Waals surface area contributed by atoms with Gasteiger partial charge in [0.15, 0.2) is 0 Å². The second-order valence-electron chi connectivity index (χ2n) is 12.3. The minimum atomic E-state index is -1.39. The number of nitrogens with zero attached hydrogens (tertiary/aromatic N) is 3. The fourth-order valence-corrected chi connectivity index (χ4v) is 7.81. The number of benzene rings is 2. The van der Waals surface area contributed by atoms with Crippen LogP contribution >= 0.6 is 0 Å². The number of hydrogen-bond donors (Lipinski definition) is 1. The zero-order valence-electron chi connectivity index (χ0n) is 25.4. The zero-order valence-corrected chi connectivity index (χ0v) is 25.4. The third kappa shape index (κ3) is 4.37. The molecule has 0 bridgehead atoms. The molecule has 0 saturated carbocycles. The minimum Gasteiger partial charge on any atom is -0.394 e. The number of carbonyl (C=O) groups excluding carboxylic acids is 3. The second kappa shape index (κ2) is 11.1. The number of aliphatic hydroxyl groups is 1. The van der Waals surface area contributed by atoms with Crippen molar-refractivity contribution in [2.45, 2.75) is 63.8 Å². The quantitative estimate of drug-likeness (QED) is 0.496. The monoisotopic (exact) mass is 583 g/mol. The average Bonchev–Trinajstić information content (AvgIpc) is 3.30. The number of aryl methyl sites for hydroxylation is 2. The van der Waals surface area contributed by atoms with Crippen molar-refractivity contribution in [3.8, 4) is 0 Å². The van der Waals surface area contributed by atoms with Crippen LogP contribution in [-0.2, 0) is 19.1 Å². The summed E-state index contributed by atoms with van der Waals surface area (Å²) in [4.78, 5) is 49.3. The third-order valence-corrected chi connectivity index (χ3v) is 9.80. The van der Waals surface area contributed by atoms with Crippen LogP contribution in [0.15, 0.2) is 72.8 Å². The minimum absolute atomic E-state index is 0.124. The number of likely N-dealkylation sites (tertiary alicyclic amines) is 1. The van der Waals surface area contributed by atoms with Crippen molar-refractivity contribution >= 4 is 23.4 Å². The maximum absolute atomic E-state index is 15.0. The molecule has 8 heteroatoms. The smallest absolute Gasteiger partial charge is 0.253 e. The van der Waals surface area contributed by atoms with Crippen LogP contribution in [0.2, 0.25) is 0 Å². The molecular weight excluding hydrogens is 542 g/mol. The highest BCUT2D eigenvalue weighted by Gasteiger charge is 2.76. The number of rotatable bonds is 7. The molecule has 4 heterocycles. The summed E-state index contributed by atoms with van der Waals surface area (Å²) in [6.45, 7) is 8.89. The molecule has 4 aliphatic heterocycles. The van der Waals surface area contributed by atoms with E-state index in [1.165, 1.54) is 4.90 Å². The first-order valence-corrected chi connectivity index (χ1v) is 15.4. The van der Waals surface area contributed by atoms with Gasteiger partial charge in [0.05, 0.1) is 30.1 Å². The molecule has 2 aromatic carbocycles. The van der Waals surface area contributed by atoms with Crippen LogP contribution in [0.1, 0.15) is 49.4 Å². The number of carbonyl (C=O) groups is 3. The predicted octanol–water partition coefficient (Wildman–Crippen LogP) is 4.11. The molecule has 8 nitrogen and oxygen atoms in total. The van der Waals surface area contributed by atoms with E-state index in [0.717, 1.165) is 23.2 Å². The second-order valence-corrected chi connectivity index (χ2v) is 12.3. The number of fused-ring (bicyclic) bond motifs is 2. The first kappa shape index (κ1) is 29.3. The third-order valence-electron chi connectivity index (χ3n) is 9.80. The first-order valence-electron chi connectivity index (χ1n) is 15.4. The summed E-state index contributed by atoms with van der Waals surface area (Å²) in [6.07, 6.45) is 8.97. The van der Waals surface area contributed by atoms with Gasteiger partial charge in [0, 0.05) is 25.3 Å². The number of hydrogen-bond acceptors (Lipinski definition) is 5. The molecule has 2 aromatic rings. The molecule has 2 saturated heterocycles. The van der Waals surface area contributed by atoms with Gasteiger partial charge in [-0.2, -0.15) is 0 Å². The number of ether oxygens (including phenoxy) is 1. The van der Waals surface area contributed by atoms with Gasteiger partial charge in [0.25, 0.3) is 5.91 Å². The van der Waals surface area contributed by atoms with Crippen LogP contribution in [0, 0.1) is 25.7 Å². The molecule has 0 aromatic heterocycles. The molecule has 3 amide bonds. The Morgan fingerprint density at radius 2 is 1.67 bits per heavy atom. The van der Waals surface area contributed by atoms with Crippen molar-refractivity contribution in [2.75, 3.05) is 31.1 Å². The Morgan fingerprint density at radius 3 is 2.37 bits per heavy atom. The van der Waals surface area contributed by atoms with Gasteiger partial charge in [-0.15, -0.1) is 0 Å². The van der Waals surface area contributed by atoms with Gasteiger partial charge in [-0.3, -0.25) is 14.4 Å². The van der Waals surface area contributed by atoms with Crippen LogP contribution < -0.4 is 4.90 Å². The van der Waals surface area contributed by atoms with Gasteiger partial charge in [0.1, 0.15) is 11.6 Å². The lowest BCUT2D eigenvalue weighted by Crippen LogP contribution is -2.57. The van der Waals surface area contributed by atoms with Crippen molar-refractivity contribution in [1.82, 2.24) is 9.80 Å². The molecule has 1 spiro atoms. The predicted molar refractivity (Wildman–Crippen MR) is 164 cm³/mol. The first-order chi connectivity index (χ1) is 20.7. The average molecular weight is 584 g/mol. The van der Waals surface area contributed by atoms with E-state index < -0.39 is 35.1 Å². The Kier molecular flexibility index (Phi) is 7.55. The Labute approximate surface area is 253 Å². The summed E-state index contributed by atoms with van der Waals surface area (Å²) >= 11 is 0. The van der Waals surface area contributed by atoms with Crippen LogP contribution in [0.4, 0.5) is 5.69 Å². The molecule has 6 atom stereocenters. The van der Waals surface area contributed by atoms with Crippen molar-refractivity contribution in [3.05, 3.63) is 89.5 Å². The fraction of sp³-hybridized carbons (Fsp3) is 0.457. The van der Waals surface area contributed by atoms with E-state index >= 15 is 0 Å². The van der Waals surface area contributed by atoms with Crippen molar-refractivity contribution in [1.29, 1.82) is 0 Å². The van der Waals surface area contributed by atoms with E-state index in [0.29, 0.717) is 31.6 Å². The highest BCUT2D eigenvalue weighted by atomic mass is 16.5. The van der Waals surface area contributed by atoms with E-state index in [2.05, 4.69) is 0 Å². The Hall–Kier alpha value is -3.75. The summed E-state index contributed by atoms with van der Waals surface area (Å²) < 4.78 is 7.10. The number of amides is 3. The van der Waals surface area contributed by atoms with E-state index in [1.807, 2.05) is 101 Å². The van der Waals surface area contributed by atoms with Crippen molar-refractivity contribution in [3.63, 3.8) is 0 Å². The number of anilines is 1. The molecule has 1 N–H and O–H groups in total. The SMILES string of the molecule is CCCN1CC=C[C@]2(CC)O[C@]34C=CCN(c5cc(C)ccc5C)C(=O)C3N([C@H](CO)c3ccccc3)C(=O)[C@@H]4[C@@H]2C1=O. The van der Waals surface area contributed by atoms with Gasteiger partial charge in [-0.1, -0.05) is 80.6 Å². The molecular formula is C35H41N3O5. The summed E-state index contributed by atoms with van der Waals surface area (Å²) in [7, 11) is 0. The van der Waals surface area contributed by atoms with Gasteiger partial charge >= 0.3 is 0 Å². The van der Waals surface area contributed by atoms with Gasteiger partial charge in [0.2, 0.25) is 11.8 Å². The standard InChI is InChI=1S/C35H41N3O5/c1-5-18-36-19-10-16-34(6-2)28(31(36)40)29-32(41)38(27(22-39)25-12-8-7-9-13-25)30-33(42)37(20-11-17-35(29,30)43-34)26-21-23(3)14-15-24(26)4/h7-17,21,27-30,39H,5-6,18-20,22H2,1-4H3/t27-,28-,29+,30?,34+,35+/m1/s1. The molecule has 0 aliphatic carbocycles. The molecule has 43 heavy (non-hydrogen) atoms. The van der Waals surface area contributed by atoms with E-state index in [4.69, 9.17) is 4.74 Å². The lowest BCUT2D eigenvalue weighted by Gasteiger charge is -2.41. The fourth-order valence-electron chi connectivity index (χ4n) is 7.81. The number of aliphatic hydroxyl groups excluding tert-OH is 1. The van der Waals surface area contributed by atoms with Crippen molar-refractivity contribution in [2.24, 2.45) is 11.8 Å². The maximum atomic E-state index is 15.0. The van der Waals surface area contributed by atoms with Crippen molar-refractivity contribution < 1.29 is 24.2 Å². The summed E-state index contributed by atoms with van der Waals surface area (Å²) in [5.41, 5.74) is 1.01. The maximum Gasteiger partial charge on any atom is 0.253 e. The van der Waals surface area contributed by atoms with E-state index in [-0.39, 0.29) is 24.3 Å². The van der Waals surface area contributed by atoms with Crippen LogP contribution in [0.3, 0.4) is 0 Å². The Bertz CT molecular complexity index is 1490. The lowest BCUT2D eigenvalue weighted by atomic mass is 9.73. The molecule has 1 unspecified atom stereocenters. The molecule has 6 rings (SSSR count). The molecule has 0 radical (unpaired) electrons. The van der Waals surface area contributed by atoms with Crippen LogP contribution in [-0.4, -0.2) is 76.1 Å². The van der Waals surface area contributed by atoms with E-state index in [1.54, 1.807) is 9.80 Å². The van der Waals surface area contributed by atoms with Crippen LogP contribution in [0.25, 0.3) is 0 Å². The highest BCUT2D eigenvalue weighted by Crippen LogP contribution is 2.60. The Balaban J connectivity index is 1.56. The normalized spacial score (nSPS) is 30.7. The van der Waals surface area contributed by atoms with Gasteiger partial charge < -0.3 is 24.5 Å². The topological polar surface area (TPSA) is 90.4 Å². The summed E-state index contributed by atoms with van der Waals surface area (Å²) in [6, 6.07) is 13.4. The van der Waals surface area contributed by atoms with Gasteiger partial charge in [-0.25, -0.2) is 0 Å². The molecule has 226 valence electrons. The largest absolute Gasteiger partial charge is 0.394 e. The summed E-state index contributed by atoms with van der Waals surface area (Å²) in [5.74, 6) is -2.48. The highest BCUT2D eigenvalue weighted by molar-refractivity contribution is 6.06. The molecule has 2 fully saturated rings. The zero-order chi connectivity index (χ0) is 30.5. The van der Waals surface area contributed by atoms with E-state index in [9.17, 15) is 19.5 Å². The lowest BCUT2D eigenvalue weighted by molar-refractivity contribution is -0.152.